The molecule has 0 fully saturated rings. The fourth-order valence-electron chi connectivity index (χ4n) is 6.80. The zero-order valence-corrected chi connectivity index (χ0v) is 44.5. The molecule has 8 nitrogen and oxygen atoms in total. The van der Waals surface area contributed by atoms with Gasteiger partial charge in [-0.05, 0) is 96.3 Å². The Morgan fingerprint density at radius 3 is 1.22 bits per heavy atom. The number of hydrogen-bond donors (Lipinski definition) is 0. The minimum Gasteiger partial charge on any atom is -0.756 e. The number of esters is 1. The Morgan fingerprint density at radius 2 is 0.821 bits per heavy atom. The number of nitrogens with zero attached hydrogens (tertiary/aromatic N) is 1. The first-order chi connectivity index (χ1) is 32.6. The molecule has 0 bridgehead atoms. The van der Waals surface area contributed by atoms with Gasteiger partial charge in [-0.25, -0.2) is 0 Å². The summed E-state index contributed by atoms with van der Waals surface area (Å²) in [6, 6.07) is 0. The van der Waals surface area contributed by atoms with Crippen LogP contribution in [-0.2, 0) is 27.9 Å². The maximum atomic E-state index is 12.8. The van der Waals surface area contributed by atoms with Crippen LogP contribution >= 0.6 is 7.82 Å². The van der Waals surface area contributed by atoms with Crippen molar-refractivity contribution in [3.8, 4) is 0 Å². The molecule has 2 unspecified atom stereocenters. The van der Waals surface area contributed by atoms with E-state index < -0.39 is 13.9 Å². The van der Waals surface area contributed by atoms with Crippen molar-refractivity contribution in [2.24, 2.45) is 0 Å². The van der Waals surface area contributed by atoms with E-state index in [2.05, 4.69) is 123 Å². The fourth-order valence-corrected chi connectivity index (χ4v) is 7.53. The molecule has 0 aromatic rings. The monoisotopic (exact) mass is 954 g/mol. The summed E-state index contributed by atoms with van der Waals surface area (Å²) in [7, 11) is 1.33. The van der Waals surface area contributed by atoms with Crippen molar-refractivity contribution >= 4 is 13.8 Å². The number of unbranched alkanes of at least 4 members (excludes halogenated alkanes) is 16. The van der Waals surface area contributed by atoms with Gasteiger partial charge in [-0.2, -0.15) is 0 Å². The SMILES string of the molecule is CC/C=C\C/C=C\C/C=C\C/C=C\C/C=C\CCCCCCCCCCOCC(COP(=O)([O-])OCC[N+](C)(C)C)OC(=O)CCCCCCCCCC/C=C\C/C=C\C/C=C\C/C=C\CC. The van der Waals surface area contributed by atoms with Crippen molar-refractivity contribution in [3.05, 3.63) is 109 Å². The molecule has 0 aliphatic heterocycles. The third-order valence-electron chi connectivity index (χ3n) is 10.8. The van der Waals surface area contributed by atoms with Gasteiger partial charge in [0.05, 0.1) is 34.4 Å². The number of rotatable bonds is 48. The molecule has 0 amide bonds. The second kappa shape index (κ2) is 49.6. The zero-order valence-electron chi connectivity index (χ0n) is 43.6. The Labute approximate surface area is 412 Å². The molecule has 0 heterocycles. The lowest BCUT2D eigenvalue weighted by Gasteiger charge is -2.28. The van der Waals surface area contributed by atoms with Gasteiger partial charge in [0.1, 0.15) is 19.3 Å². The normalized spacial score (nSPS) is 14.4. The maximum absolute atomic E-state index is 12.8. The molecule has 0 saturated heterocycles. The van der Waals surface area contributed by atoms with Crippen LogP contribution in [0.2, 0.25) is 0 Å². The summed E-state index contributed by atoms with van der Waals surface area (Å²) in [5.41, 5.74) is 0. The number of allylic oxidation sites excluding steroid dienone is 18. The average Bonchev–Trinajstić information content (AvgIpc) is 3.29. The Morgan fingerprint density at radius 1 is 0.463 bits per heavy atom. The number of quaternary nitrogens is 1. The first kappa shape index (κ1) is 64.2. The van der Waals surface area contributed by atoms with Crippen LogP contribution in [0, 0.1) is 0 Å². The lowest BCUT2D eigenvalue weighted by molar-refractivity contribution is -0.870. The quantitative estimate of drug-likeness (QED) is 0.0197. The van der Waals surface area contributed by atoms with Crippen molar-refractivity contribution in [1.29, 1.82) is 0 Å². The number of hydrogen-bond acceptors (Lipinski definition) is 7. The van der Waals surface area contributed by atoms with Gasteiger partial charge >= 0.3 is 5.97 Å². The van der Waals surface area contributed by atoms with E-state index in [1.165, 1.54) is 64.2 Å². The molecule has 384 valence electrons. The highest BCUT2D eigenvalue weighted by Crippen LogP contribution is 2.38. The van der Waals surface area contributed by atoms with E-state index in [0.717, 1.165) is 109 Å². The third kappa shape index (κ3) is 54.0. The molecule has 0 aliphatic carbocycles. The Hall–Kier alpha value is -2.84. The van der Waals surface area contributed by atoms with Crippen LogP contribution in [0.5, 0.6) is 0 Å². The van der Waals surface area contributed by atoms with E-state index in [9.17, 15) is 14.3 Å². The molecule has 0 aromatic carbocycles. The zero-order chi connectivity index (χ0) is 49.0. The van der Waals surface area contributed by atoms with Crippen LogP contribution in [0.3, 0.4) is 0 Å². The summed E-state index contributed by atoms with van der Waals surface area (Å²) in [6.45, 7) is 5.14. The first-order valence-electron chi connectivity index (χ1n) is 26.6. The van der Waals surface area contributed by atoms with Gasteiger partial charge in [-0.3, -0.25) is 9.36 Å². The number of phosphoric acid groups is 1. The molecular weight excluding hydrogens is 854 g/mol. The fraction of sp³-hybridized carbons (Fsp3) is 0.672. The van der Waals surface area contributed by atoms with Crippen molar-refractivity contribution in [2.45, 2.75) is 200 Å². The number of phosphoric ester groups is 1. The van der Waals surface area contributed by atoms with E-state index in [4.69, 9.17) is 18.5 Å². The predicted molar refractivity (Wildman–Crippen MR) is 286 cm³/mol. The Bertz CT molecular complexity index is 1430. The molecule has 0 aromatic heterocycles. The van der Waals surface area contributed by atoms with Gasteiger partial charge in [0, 0.05) is 13.0 Å². The molecule has 0 N–H and O–H groups in total. The highest BCUT2D eigenvalue weighted by atomic mass is 31.2. The smallest absolute Gasteiger partial charge is 0.306 e. The van der Waals surface area contributed by atoms with Gasteiger partial charge in [0.15, 0.2) is 0 Å². The van der Waals surface area contributed by atoms with E-state index in [-0.39, 0.29) is 25.8 Å². The van der Waals surface area contributed by atoms with Crippen LogP contribution in [0.15, 0.2) is 109 Å². The average molecular weight is 954 g/mol. The number of carbonyl (C=O) groups is 1. The van der Waals surface area contributed by atoms with Crippen molar-refractivity contribution < 1.29 is 37.3 Å². The summed E-state index contributed by atoms with van der Waals surface area (Å²) in [6.07, 6.45) is 69.7. The van der Waals surface area contributed by atoms with Crippen LogP contribution in [0.4, 0.5) is 0 Å². The highest BCUT2D eigenvalue weighted by Gasteiger charge is 2.20. The van der Waals surface area contributed by atoms with Crippen LogP contribution < -0.4 is 4.89 Å². The first-order valence-corrected chi connectivity index (χ1v) is 28.1. The van der Waals surface area contributed by atoms with E-state index in [1.807, 2.05) is 21.1 Å². The lowest BCUT2D eigenvalue weighted by atomic mass is 10.1. The number of ether oxygens (including phenoxy) is 2. The molecular formula is C58H100NO7P. The minimum atomic E-state index is -4.55. The Balaban J connectivity index is 4.19. The molecule has 0 radical (unpaired) electrons. The highest BCUT2D eigenvalue weighted by molar-refractivity contribution is 7.45. The molecule has 0 aliphatic rings. The van der Waals surface area contributed by atoms with Gasteiger partial charge in [0.2, 0.25) is 0 Å². The third-order valence-corrected chi connectivity index (χ3v) is 11.8. The summed E-state index contributed by atoms with van der Waals surface area (Å²) in [4.78, 5) is 25.2. The molecule has 0 rings (SSSR count). The molecule has 0 spiro atoms. The molecule has 0 saturated carbocycles. The van der Waals surface area contributed by atoms with Crippen molar-refractivity contribution in [2.75, 3.05) is 54.1 Å². The van der Waals surface area contributed by atoms with Crippen LogP contribution in [0.25, 0.3) is 0 Å². The Kier molecular flexibility index (Phi) is 47.5. The van der Waals surface area contributed by atoms with E-state index in [1.54, 1.807) is 0 Å². The summed E-state index contributed by atoms with van der Waals surface area (Å²) >= 11 is 0. The van der Waals surface area contributed by atoms with Gasteiger partial charge in [0.25, 0.3) is 7.82 Å². The maximum Gasteiger partial charge on any atom is 0.306 e. The van der Waals surface area contributed by atoms with Gasteiger partial charge in [-0.15, -0.1) is 0 Å². The van der Waals surface area contributed by atoms with Gasteiger partial charge in [-0.1, -0.05) is 200 Å². The molecule has 2 atom stereocenters. The van der Waals surface area contributed by atoms with Crippen LogP contribution in [-0.4, -0.2) is 70.7 Å². The second-order valence-electron chi connectivity index (χ2n) is 18.5. The molecule has 67 heavy (non-hydrogen) atoms. The lowest BCUT2D eigenvalue weighted by Crippen LogP contribution is -2.37. The topological polar surface area (TPSA) is 94.1 Å². The minimum absolute atomic E-state index is 0.0162. The van der Waals surface area contributed by atoms with E-state index >= 15 is 0 Å². The molecule has 9 heteroatoms. The standard InChI is InChI=1S/C58H100NO7P/c1-6-8-10-12-14-16-18-20-22-24-26-28-29-30-32-34-36-38-40-42-44-46-48-50-53-63-55-57(56-65-67(61,62)64-54-52-59(3,4)5)66-58(60)51-49-47-45-43-41-39-37-35-33-31-27-25-23-21-19-17-15-13-11-9-7-2/h8-11,14-17,20-23,26-28,30-32,57H,6-7,12-13,18-19,24-25,29,33-56H2,1-5H3/b10-8-,11-9-,16-14-,17-15-,22-20-,23-21-,28-26-,31-27-,32-30-. The number of likely N-dealkylation sites (N-methyl/N-ethyl adjacent to an activating group) is 1. The second-order valence-corrected chi connectivity index (χ2v) is 19.9. The summed E-state index contributed by atoms with van der Waals surface area (Å²) < 4.78 is 34.8. The number of carbonyl (C=O) groups excluding carboxylic acids is 1. The summed E-state index contributed by atoms with van der Waals surface area (Å²) in [5, 5.41) is 0. The van der Waals surface area contributed by atoms with Gasteiger partial charge < -0.3 is 27.9 Å². The summed E-state index contributed by atoms with van der Waals surface area (Å²) in [5.74, 6) is -0.349. The van der Waals surface area contributed by atoms with Crippen molar-refractivity contribution in [3.63, 3.8) is 0 Å². The predicted octanol–water partition coefficient (Wildman–Crippen LogP) is 16.1. The largest absolute Gasteiger partial charge is 0.756 e. The van der Waals surface area contributed by atoms with E-state index in [0.29, 0.717) is 24.1 Å². The van der Waals surface area contributed by atoms with Crippen LogP contribution in [0.1, 0.15) is 194 Å². The van der Waals surface area contributed by atoms with Crippen molar-refractivity contribution in [1.82, 2.24) is 0 Å².